The maximum absolute atomic E-state index is 12.6. The third kappa shape index (κ3) is 6.90. The van der Waals surface area contributed by atoms with Crippen molar-refractivity contribution >= 4 is 23.2 Å². The summed E-state index contributed by atoms with van der Waals surface area (Å²) in [4.78, 5) is 33.6. The summed E-state index contributed by atoms with van der Waals surface area (Å²) in [5.74, 6) is 0.160. The number of piperazine rings is 1. The molecular weight excluding hydrogens is 462 g/mol. The third-order valence-electron chi connectivity index (χ3n) is 5.86. The first kappa shape index (κ1) is 24.9. The van der Waals surface area contributed by atoms with Crippen LogP contribution < -0.4 is 4.74 Å². The predicted octanol–water partition coefficient (Wildman–Crippen LogP) is 3.95. The molecule has 1 aliphatic heterocycles. The predicted molar refractivity (Wildman–Crippen MR) is 136 cm³/mol. The number of benzene rings is 2. The molecule has 0 aliphatic carbocycles. The van der Waals surface area contributed by atoms with E-state index in [0.717, 1.165) is 36.0 Å². The number of thiazole rings is 1. The van der Waals surface area contributed by atoms with E-state index < -0.39 is 5.97 Å². The number of hydrogen-bond acceptors (Lipinski definition) is 7. The van der Waals surface area contributed by atoms with Gasteiger partial charge in [-0.15, -0.1) is 11.3 Å². The molecule has 1 amide bonds. The highest BCUT2D eigenvalue weighted by molar-refractivity contribution is 7.13. The monoisotopic (exact) mass is 493 g/mol. The molecule has 2 heterocycles. The second kappa shape index (κ2) is 12.0. The SMILES string of the molecule is CCOc1ccccc1-c1nc(CC(=O)OCC(=O)N2CCN(Cc3cccc(C)c3)CC2)cs1. The summed E-state index contributed by atoms with van der Waals surface area (Å²) in [5.41, 5.74) is 4.06. The van der Waals surface area contributed by atoms with Gasteiger partial charge in [-0.1, -0.05) is 42.0 Å². The minimum atomic E-state index is -0.452. The van der Waals surface area contributed by atoms with Crippen molar-refractivity contribution in [2.75, 3.05) is 39.4 Å². The molecule has 0 spiro atoms. The van der Waals surface area contributed by atoms with E-state index in [4.69, 9.17) is 9.47 Å². The molecule has 0 saturated carbocycles. The van der Waals surface area contributed by atoms with Crippen LogP contribution in [0.25, 0.3) is 10.6 Å². The summed E-state index contributed by atoms with van der Waals surface area (Å²) in [7, 11) is 0. The van der Waals surface area contributed by atoms with Crippen LogP contribution in [-0.2, 0) is 27.3 Å². The molecule has 2 aromatic carbocycles. The lowest BCUT2D eigenvalue weighted by molar-refractivity contribution is -0.152. The van der Waals surface area contributed by atoms with Crippen LogP contribution in [0.2, 0.25) is 0 Å². The van der Waals surface area contributed by atoms with Crippen LogP contribution in [0.3, 0.4) is 0 Å². The fraction of sp³-hybridized carbons (Fsp3) is 0.370. The molecule has 35 heavy (non-hydrogen) atoms. The van der Waals surface area contributed by atoms with E-state index in [9.17, 15) is 9.59 Å². The Morgan fingerprint density at radius 3 is 2.63 bits per heavy atom. The third-order valence-corrected chi connectivity index (χ3v) is 6.79. The molecule has 0 atom stereocenters. The van der Waals surface area contributed by atoms with Gasteiger partial charge in [0.05, 0.1) is 24.3 Å². The number of para-hydroxylation sites is 1. The summed E-state index contributed by atoms with van der Waals surface area (Å²) in [6.07, 6.45) is 0.0326. The molecule has 0 radical (unpaired) electrons. The molecule has 1 fully saturated rings. The van der Waals surface area contributed by atoms with Crippen LogP contribution in [0.15, 0.2) is 53.9 Å². The zero-order valence-corrected chi connectivity index (χ0v) is 21.1. The van der Waals surface area contributed by atoms with Gasteiger partial charge in [0.25, 0.3) is 5.91 Å². The van der Waals surface area contributed by atoms with Crippen molar-refractivity contribution in [1.82, 2.24) is 14.8 Å². The van der Waals surface area contributed by atoms with Gasteiger partial charge in [0.2, 0.25) is 0 Å². The molecule has 3 aromatic rings. The van der Waals surface area contributed by atoms with Crippen molar-refractivity contribution in [3.8, 4) is 16.3 Å². The summed E-state index contributed by atoms with van der Waals surface area (Å²) in [6, 6.07) is 16.2. The van der Waals surface area contributed by atoms with Gasteiger partial charge < -0.3 is 14.4 Å². The number of aromatic nitrogens is 1. The molecule has 0 bridgehead atoms. The molecule has 184 valence electrons. The van der Waals surface area contributed by atoms with Crippen molar-refractivity contribution in [3.63, 3.8) is 0 Å². The standard InChI is InChI=1S/C27H31N3O4S/c1-3-33-24-10-5-4-9-23(24)27-28-22(19-35-27)16-26(32)34-18-25(31)30-13-11-29(12-14-30)17-21-8-6-7-20(2)15-21/h4-10,15,19H,3,11-14,16-18H2,1-2H3. The Balaban J connectivity index is 1.21. The van der Waals surface area contributed by atoms with Crippen molar-refractivity contribution in [3.05, 3.63) is 70.7 Å². The number of rotatable bonds is 9. The zero-order chi connectivity index (χ0) is 24.6. The minimum Gasteiger partial charge on any atom is -0.493 e. The van der Waals surface area contributed by atoms with Crippen molar-refractivity contribution in [2.24, 2.45) is 0 Å². The highest BCUT2D eigenvalue weighted by Gasteiger charge is 2.22. The largest absolute Gasteiger partial charge is 0.493 e. The molecule has 0 unspecified atom stereocenters. The second-order valence-electron chi connectivity index (χ2n) is 8.56. The highest BCUT2D eigenvalue weighted by atomic mass is 32.1. The Labute approximate surface area is 210 Å². The van der Waals surface area contributed by atoms with E-state index in [1.165, 1.54) is 22.5 Å². The lowest BCUT2D eigenvalue weighted by Gasteiger charge is -2.34. The van der Waals surface area contributed by atoms with Crippen molar-refractivity contribution < 1.29 is 19.1 Å². The lowest BCUT2D eigenvalue weighted by Crippen LogP contribution is -2.49. The van der Waals surface area contributed by atoms with Crippen LogP contribution in [0.5, 0.6) is 5.75 Å². The first-order valence-corrected chi connectivity index (χ1v) is 12.8. The van der Waals surface area contributed by atoms with Crippen LogP contribution >= 0.6 is 11.3 Å². The van der Waals surface area contributed by atoms with Crippen LogP contribution in [0, 0.1) is 6.92 Å². The molecule has 0 N–H and O–H groups in total. The van der Waals surface area contributed by atoms with E-state index in [1.807, 2.05) is 36.6 Å². The molecule has 4 rings (SSSR count). The van der Waals surface area contributed by atoms with Gasteiger partial charge in [0.15, 0.2) is 6.61 Å². The van der Waals surface area contributed by atoms with Crippen LogP contribution in [0.4, 0.5) is 0 Å². The zero-order valence-electron chi connectivity index (χ0n) is 20.2. The van der Waals surface area contributed by atoms with Gasteiger partial charge in [0.1, 0.15) is 10.8 Å². The van der Waals surface area contributed by atoms with Crippen molar-refractivity contribution in [2.45, 2.75) is 26.8 Å². The number of aryl methyl sites for hydroxylation is 1. The van der Waals surface area contributed by atoms with Gasteiger partial charge in [-0.2, -0.15) is 0 Å². The Bertz CT molecular complexity index is 1150. The Morgan fingerprint density at radius 2 is 1.86 bits per heavy atom. The maximum Gasteiger partial charge on any atom is 0.312 e. The van der Waals surface area contributed by atoms with E-state index in [0.29, 0.717) is 25.4 Å². The van der Waals surface area contributed by atoms with Gasteiger partial charge in [-0.3, -0.25) is 14.5 Å². The van der Waals surface area contributed by atoms with Gasteiger partial charge in [-0.25, -0.2) is 4.98 Å². The Morgan fingerprint density at radius 1 is 1.06 bits per heavy atom. The van der Waals surface area contributed by atoms with Gasteiger partial charge in [-0.05, 0) is 31.5 Å². The quantitative estimate of drug-likeness (QED) is 0.421. The van der Waals surface area contributed by atoms with E-state index >= 15 is 0 Å². The summed E-state index contributed by atoms with van der Waals surface area (Å²) >= 11 is 1.45. The van der Waals surface area contributed by atoms with Gasteiger partial charge in [0, 0.05) is 38.1 Å². The Hall–Kier alpha value is -3.23. The van der Waals surface area contributed by atoms with E-state index in [-0.39, 0.29) is 18.9 Å². The normalized spacial score (nSPS) is 14.1. The summed E-state index contributed by atoms with van der Waals surface area (Å²) in [6.45, 7) is 8.12. The molecule has 1 aliphatic rings. The van der Waals surface area contributed by atoms with Crippen LogP contribution in [-0.4, -0.2) is 66.1 Å². The highest BCUT2D eigenvalue weighted by Crippen LogP contribution is 2.32. The number of nitrogens with zero attached hydrogens (tertiary/aromatic N) is 3. The summed E-state index contributed by atoms with van der Waals surface area (Å²) in [5, 5.41) is 2.63. The number of esters is 1. The molecule has 7 nitrogen and oxygen atoms in total. The first-order chi connectivity index (χ1) is 17.0. The second-order valence-corrected chi connectivity index (χ2v) is 9.41. The molecule has 8 heteroatoms. The van der Waals surface area contributed by atoms with Crippen molar-refractivity contribution in [1.29, 1.82) is 0 Å². The number of ether oxygens (including phenoxy) is 2. The lowest BCUT2D eigenvalue weighted by atomic mass is 10.1. The number of hydrogen-bond donors (Lipinski definition) is 0. The fourth-order valence-electron chi connectivity index (χ4n) is 4.09. The topological polar surface area (TPSA) is 72.0 Å². The summed E-state index contributed by atoms with van der Waals surface area (Å²) < 4.78 is 10.9. The van der Waals surface area contributed by atoms with E-state index in [2.05, 4.69) is 41.1 Å². The smallest absolute Gasteiger partial charge is 0.312 e. The average Bonchev–Trinajstić information content (AvgIpc) is 3.32. The maximum atomic E-state index is 12.6. The molecule has 1 saturated heterocycles. The first-order valence-electron chi connectivity index (χ1n) is 11.9. The number of amides is 1. The number of carbonyl (C=O) groups is 2. The molecule has 1 aromatic heterocycles. The Kier molecular flexibility index (Phi) is 8.50. The molecular formula is C27H31N3O4S. The fourth-order valence-corrected chi connectivity index (χ4v) is 4.94. The minimum absolute atomic E-state index is 0.0326. The average molecular weight is 494 g/mol. The van der Waals surface area contributed by atoms with E-state index in [1.54, 1.807) is 4.90 Å². The van der Waals surface area contributed by atoms with Crippen LogP contribution in [0.1, 0.15) is 23.7 Å². The number of carbonyl (C=O) groups excluding carboxylic acids is 2. The van der Waals surface area contributed by atoms with Gasteiger partial charge >= 0.3 is 5.97 Å².